The van der Waals surface area contributed by atoms with Gasteiger partial charge in [0.2, 0.25) is 5.91 Å². The summed E-state index contributed by atoms with van der Waals surface area (Å²) in [4.78, 5) is 12.1. The average Bonchev–Trinajstić information content (AvgIpc) is 2.62. The second kappa shape index (κ2) is 5.60. The van der Waals surface area contributed by atoms with E-state index in [1.807, 2.05) is 0 Å². The van der Waals surface area contributed by atoms with Crippen LogP contribution in [0.5, 0.6) is 0 Å². The minimum absolute atomic E-state index is 0.237. The third-order valence-electron chi connectivity index (χ3n) is 4.93. The minimum Gasteiger partial charge on any atom is -0.353 e. The number of piperidine rings is 1. The Bertz CT molecular complexity index is 301. The Morgan fingerprint density at radius 1 is 1.33 bits per heavy atom. The summed E-state index contributed by atoms with van der Waals surface area (Å²) < 4.78 is 0. The molecule has 3 unspecified atom stereocenters. The molecule has 104 valence electrons. The number of carbonyl (C=O) groups excluding carboxylic acids is 1. The molecule has 2 fully saturated rings. The molecule has 0 bridgehead atoms. The van der Waals surface area contributed by atoms with E-state index >= 15 is 0 Å². The van der Waals surface area contributed by atoms with Crippen molar-refractivity contribution in [1.82, 2.24) is 10.6 Å². The summed E-state index contributed by atoms with van der Waals surface area (Å²) in [5.41, 5.74) is 0.279. The molecule has 18 heavy (non-hydrogen) atoms. The van der Waals surface area contributed by atoms with E-state index in [1.54, 1.807) is 0 Å². The Labute approximate surface area is 111 Å². The molecule has 0 aromatic rings. The summed E-state index contributed by atoms with van der Waals surface area (Å²) >= 11 is 0. The zero-order chi connectivity index (χ0) is 13.2. The number of amides is 1. The third kappa shape index (κ3) is 3.25. The first kappa shape index (κ1) is 13.9. The van der Waals surface area contributed by atoms with E-state index in [0.717, 1.165) is 13.0 Å². The zero-order valence-electron chi connectivity index (χ0n) is 12.1. The second-order valence-electron chi connectivity index (χ2n) is 6.89. The molecule has 3 atom stereocenters. The molecule has 0 radical (unpaired) electrons. The fourth-order valence-corrected chi connectivity index (χ4v) is 3.43. The van der Waals surface area contributed by atoms with E-state index in [9.17, 15) is 4.79 Å². The maximum Gasteiger partial charge on any atom is 0.221 e. The fourth-order valence-electron chi connectivity index (χ4n) is 3.43. The van der Waals surface area contributed by atoms with Crippen LogP contribution in [0.25, 0.3) is 0 Å². The van der Waals surface area contributed by atoms with E-state index in [1.165, 1.54) is 25.7 Å². The average molecular weight is 252 g/mol. The summed E-state index contributed by atoms with van der Waals surface area (Å²) in [5, 5.41) is 6.74. The molecule has 1 saturated carbocycles. The molecule has 1 aliphatic heterocycles. The number of hydrogen-bond donors (Lipinski definition) is 2. The molecule has 3 heteroatoms. The molecule has 0 aromatic carbocycles. The lowest BCUT2D eigenvalue weighted by Gasteiger charge is -2.32. The summed E-state index contributed by atoms with van der Waals surface area (Å²) in [6.07, 6.45) is 6.76. The van der Waals surface area contributed by atoms with Gasteiger partial charge in [-0.25, -0.2) is 0 Å². The molecule has 1 aliphatic carbocycles. The van der Waals surface area contributed by atoms with Crippen LogP contribution in [0.15, 0.2) is 0 Å². The van der Waals surface area contributed by atoms with Crippen LogP contribution in [0.2, 0.25) is 0 Å². The van der Waals surface area contributed by atoms with E-state index in [2.05, 4.69) is 31.4 Å². The van der Waals surface area contributed by atoms with Gasteiger partial charge in [-0.3, -0.25) is 4.79 Å². The summed E-state index contributed by atoms with van der Waals surface area (Å²) in [5.74, 6) is 0.863. The van der Waals surface area contributed by atoms with Gasteiger partial charge in [-0.15, -0.1) is 0 Å². The van der Waals surface area contributed by atoms with Crippen molar-refractivity contribution in [2.45, 2.75) is 71.4 Å². The number of carbonyl (C=O) groups is 1. The van der Waals surface area contributed by atoms with Crippen LogP contribution in [0.1, 0.15) is 59.3 Å². The standard InChI is InChI=1S/C15H28N2O/c1-11-6-5-9-16-12(11)10-14(18)17-13-7-4-8-15(13,2)3/h11-13,16H,4-10H2,1-3H3,(H,17,18). The van der Waals surface area contributed by atoms with Crippen molar-refractivity contribution in [3.05, 3.63) is 0 Å². The van der Waals surface area contributed by atoms with Crippen molar-refractivity contribution in [3.8, 4) is 0 Å². The molecule has 3 nitrogen and oxygen atoms in total. The molecule has 2 N–H and O–H groups in total. The van der Waals surface area contributed by atoms with Crippen molar-refractivity contribution in [2.75, 3.05) is 6.54 Å². The van der Waals surface area contributed by atoms with Gasteiger partial charge in [0.25, 0.3) is 0 Å². The van der Waals surface area contributed by atoms with Crippen LogP contribution in [-0.2, 0) is 4.79 Å². The van der Waals surface area contributed by atoms with Crippen LogP contribution in [0.3, 0.4) is 0 Å². The van der Waals surface area contributed by atoms with Crippen LogP contribution >= 0.6 is 0 Å². The van der Waals surface area contributed by atoms with Crippen molar-refractivity contribution in [2.24, 2.45) is 11.3 Å². The summed E-state index contributed by atoms with van der Waals surface area (Å²) in [6, 6.07) is 0.757. The first-order valence-corrected chi connectivity index (χ1v) is 7.52. The van der Waals surface area contributed by atoms with Crippen molar-refractivity contribution < 1.29 is 4.79 Å². The summed E-state index contributed by atoms with van der Waals surface area (Å²) in [6.45, 7) is 7.86. The lowest BCUT2D eigenvalue weighted by Crippen LogP contribution is -2.47. The maximum atomic E-state index is 12.1. The molecule has 1 saturated heterocycles. The Balaban J connectivity index is 1.81. The molecule has 2 rings (SSSR count). The van der Waals surface area contributed by atoms with Gasteiger partial charge in [-0.1, -0.05) is 27.2 Å². The number of nitrogens with one attached hydrogen (secondary N) is 2. The molecular weight excluding hydrogens is 224 g/mol. The van der Waals surface area contributed by atoms with Crippen LogP contribution in [-0.4, -0.2) is 24.5 Å². The van der Waals surface area contributed by atoms with Gasteiger partial charge in [0.1, 0.15) is 0 Å². The molecule has 2 aliphatic rings. The van der Waals surface area contributed by atoms with Crippen molar-refractivity contribution >= 4 is 5.91 Å². The molecule has 1 amide bonds. The smallest absolute Gasteiger partial charge is 0.221 e. The predicted molar refractivity (Wildman–Crippen MR) is 74.4 cm³/mol. The van der Waals surface area contributed by atoms with Gasteiger partial charge >= 0.3 is 0 Å². The Hall–Kier alpha value is -0.570. The van der Waals surface area contributed by atoms with Crippen LogP contribution in [0, 0.1) is 11.3 Å². The molecule has 1 heterocycles. The topological polar surface area (TPSA) is 41.1 Å². The fraction of sp³-hybridized carbons (Fsp3) is 0.933. The van der Waals surface area contributed by atoms with Gasteiger partial charge in [0.05, 0.1) is 0 Å². The predicted octanol–water partition coefficient (Wildman–Crippen LogP) is 2.46. The Morgan fingerprint density at radius 2 is 2.11 bits per heavy atom. The lowest BCUT2D eigenvalue weighted by molar-refractivity contribution is -0.123. The van der Waals surface area contributed by atoms with Gasteiger partial charge in [0.15, 0.2) is 0 Å². The maximum absolute atomic E-state index is 12.1. The summed E-state index contributed by atoms with van der Waals surface area (Å²) in [7, 11) is 0. The first-order valence-electron chi connectivity index (χ1n) is 7.52. The van der Waals surface area contributed by atoms with Gasteiger partial charge in [-0.05, 0) is 43.6 Å². The lowest BCUT2D eigenvalue weighted by atomic mass is 9.86. The quantitative estimate of drug-likeness (QED) is 0.810. The van der Waals surface area contributed by atoms with E-state index in [0.29, 0.717) is 24.4 Å². The zero-order valence-corrected chi connectivity index (χ0v) is 12.1. The monoisotopic (exact) mass is 252 g/mol. The van der Waals surface area contributed by atoms with Gasteiger partial charge in [-0.2, -0.15) is 0 Å². The number of rotatable bonds is 3. The Kier molecular flexibility index (Phi) is 4.31. The third-order valence-corrected chi connectivity index (χ3v) is 4.93. The highest BCUT2D eigenvalue weighted by molar-refractivity contribution is 5.77. The largest absolute Gasteiger partial charge is 0.353 e. The number of hydrogen-bond acceptors (Lipinski definition) is 2. The van der Waals surface area contributed by atoms with E-state index in [-0.39, 0.29) is 11.3 Å². The van der Waals surface area contributed by atoms with Crippen LogP contribution in [0.4, 0.5) is 0 Å². The minimum atomic E-state index is 0.237. The van der Waals surface area contributed by atoms with E-state index in [4.69, 9.17) is 0 Å². The highest BCUT2D eigenvalue weighted by Gasteiger charge is 2.35. The van der Waals surface area contributed by atoms with Crippen molar-refractivity contribution in [1.29, 1.82) is 0 Å². The van der Waals surface area contributed by atoms with Gasteiger partial charge in [0, 0.05) is 18.5 Å². The Morgan fingerprint density at radius 3 is 2.72 bits per heavy atom. The molecular formula is C15H28N2O. The SMILES string of the molecule is CC1CCCNC1CC(=O)NC1CCCC1(C)C. The molecule has 0 aromatic heterocycles. The highest BCUT2D eigenvalue weighted by atomic mass is 16.1. The normalized spacial score (nSPS) is 35.4. The highest BCUT2D eigenvalue weighted by Crippen LogP contribution is 2.37. The van der Waals surface area contributed by atoms with E-state index < -0.39 is 0 Å². The second-order valence-corrected chi connectivity index (χ2v) is 6.89. The first-order chi connectivity index (χ1) is 8.49. The van der Waals surface area contributed by atoms with Gasteiger partial charge < -0.3 is 10.6 Å². The van der Waals surface area contributed by atoms with Crippen LogP contribution < -0.4 is 10.6 Å². The molecule has 0 spiro atoms. The van der Waals surface area contributed by atoms with Crippen molar-refractivity contribution in [3.63, 3.8) is 0 Å².